The molecule has 0 amide bonds. The summed E-state index contributed by atoms with van der Waals surface area (Å²) in [6.45, 7) is 5.80. The zero-order valence-corrected chi connectivity index (χ0v) is 13.6. The number of nitrogens with one attached hydrogen (secondary N) is 2. The molecule has 2 aromatic rings. The van der Waals surface area contributed by atoms with Crippen molar-refractivity contribution in [3.05, 3.63) is 65.0 Å². The molecule has 0 saturated carbocycles. The second-order valence-corrected chi connectivity index (χ2v) is 5.39. The molecule has 1 aromatic heterocycles. The van der Waals surface area contributed by atoms with Gasteiger partial charge in [-0.3, -0.25) is 9.98 Å². The van der Waals surface area contributed by atoms with Crippen LogP contribution in [0.2, 0.25) is 0 Å². The molecular formula is C18H24N4. The van der Waals surface area contributed by atoms with Crippen LogP contribution in [-0.2, 0) is 13.0 Å². The van der Waals surface area contributed by atoms with E-state index in [4.69, 9.17) is 0 Å². The van der Waals surface area contributed by atoms with Crippen molar-refractivity contribution in [1.29, 1.82) is 0 Å². The average Bonchev–Trinajstić information content (AvgIpc) is 2.54. The minimum absolute atomic E-state index is 0.772. The lowest BCUT2D eigenvalue weighted by molar-refractivity contribution is 0.791. The van der Waals surface area contributed by atoms with E-state index in [1.54, 1.807) is 7.05 Å². The molecule has 0 saturated heterocycles. The van der Waals surface area contributed by atoms with E-state index in [2.05, 4.69) is 64.8 Å². The van der Waals surface area contributed by atoms with E-state index in [-0.39, 0.29) is 0 Å². The first-order chi connectivity index (χ1) is 10.7. The van der Waals surface area contributed by atoms with Crippen LogP contribution >= 0.6 is 0 Å². The first-order valence-corrected chi connectivity index (χ1v) is 7.58. The van der Waals surface area contributed by atoms with Crippen molar-refractivity contribution < 1.29 is 0 Å². The Labute approximate surface area is 132 Å². The molecule has 0 bridgehead atoms. The minimum Gasteiger partial charge on any atom is -0.356 e. The Kier molecular flexibility index (Phi) is 5.95. The van der Waals surface area contributed by atoms with Crippen molar-refractivity contribution >= 4 is 5.96 Å². The van der Waals surface area contributed by atoms with Gasteiger partial charge in [0.25, 0.3) is 0 Å². The van der Waals surface area contributed by atoms with E-state index < -0.39 is 0 Å². The zero-order chi connectivity index (χ0) is 15.8. The van der Waals surface area contributed by atoms with Gasteiger partial charge in [-0.05, 0) is 43.0 Å². The van der Waals surface area contributed by atoms with Crippen LogP contribution in [0.4, 0.5) is 0 Å². The van der Waals surface area contributed by atoms with E-state index in [1.807, 2.05) is 12.4 Å². The van der Waals surface area contributed by atoms with Crippen molar-refractivity contribution in [3.63, 3.8) is 0 Å². The molecule has 0 radical (unpaired) electrons. The van der Waals surface area contributed by atoms with Gasteiger partial charge in [-0.25, -0.2) is 0 Å². The van der Waals surface area contributed by atoms with Crippen LogP contribution in [0.3, 0.4) is 0 Å². The molecule has 0 atom stereocenters. The number of hydrogen-bond donors (Lipinski definition) is 2. The lowest BCUT2D eigenvalue weighted by Crippen LogP contribution is -2.37. The van der Waals surface area contributed by atoms with Gasteiger partial charge in [-0.2, -0.15) is 0 Å². The Morgan fingerprint density at radius 1 is 1.09 bits per heavy atom. The average molecular weight is 296 g/mol. The number of rotatable bonds is 5. The number of aromatic nitrogens is 1. The quantitative estimate of drug-likeness (QED) is 0.658. The largest absolute Gasteiger partial charge is 0.356 e. The summed E-state index contributed by atoms with van der Waals surface area (Å²) in [5.41, 5.74) is 5.07. The third kappa shape index (κ3) is 4.88. The van der Waals surface area contributed by atoms with E-state index in [9.17, 15) is 0 Å². The monoisotopic (exact) mass is 296 g/mol. The number of hydrogen-bond acceptors (Lipinski definition) is 2. The van der Waals surface area contributed by atoms with Crippen LogP contribution in [-0.4, -0.2) is 24.5 Å². The lowest BCUT2D eigenvalue weighted by atomic mass is 10.1. The van der Waals surface area contributed by atoms with Gasteiger partial charge in [0, 0.05) is 32.5 Å². The van der Waals surface area contributed by atoms with E-state index in [0.29, 0.717) is 0 Å². The van der Waals surface area contributed by atoms with Gasteiger partial charge in [-0.1, -0.05) is 29.8 Å². The van der Waals surface area contributed by atoms with E-state index in [1.165, 1.54) is 22.3 Å². The van der Waals surface area contributed by atoms with Crippen molar-refractivity contribution in [2.75, 3.05) is 13.6 Å². The first-order valence-electron chi connectivity index (χ1n) is 7.58. The van der Waals surface area contributed by atoms with Crippen LogP contribution in [0.25, 0.3) is 0 Å². The van der Waals surface area contributed by atoms with Gasteiger partial charge in [0.2, 0.25) is 0 Å². The van der Waals surface area contributed by atoms with Gasteiger partial charge in [-0.15, -0.1) is 0 Å². The molecule has 116 valence electrons. The maximum atomic E-state index is 4.26. The smallest absolute Gasteiger partial charge is 0.191 e. The number of guanidine groups is 1. The Morgan fingerprint density at radius 3 is 2.55 bits per heavy atom. The van der Waals surface area contributed by atoms with Gasteiger partial charge < -0.3 is 10.6 Å². The summed E-state index contributed by atoms with van der Waals surface area (Å²) in [4.78, 5) is 8.37. The fourth-order valence-corrected chi connectivity index (χ4v) is 2.21. The molecule has 1 heterocycles. The Morgan fingerprint density at radius 2 is 1.86 bits per heavy atom. The Bertz CT molecular complexity index is 617. The number of pyridine rings is 1. The third-order valence-electron chi connectivity index (χ3n) is 3.63. The molecule has 2 rings (SSSR count). The van der Waals surface area contributed by atoms with Gasteiger partial charge in [0.15, 0.2) is 5.96 Å². The number of aliphatic imine (C=N–C) groups is 1. The van der Waals surface area contributed by atoms with Crippen LogP contribution in [0, 0.1) is 13.8 Å². The second kappa shape index (κ2) is 8.17. The van der Waals surface area contributed by atoms with Crippen molar-refractivity contribution in [2.45, 2.75) is 26.8 Å². The van der Waals surface area contributed by atoms with Crippen LogP contribution in [0.5, 0.6) is 0 Å². The zero-order valence-electron chi connectivity index (χ0n) is 13.6. The topological polar surface area (TPSA) is 49.3 Å². The minimum atomic E-state index is 0.772. The van der Waals surface area contributed by atoms with Crippen molar-refractivity contribution in [1.82, 2.24) is 15.6 Å². The standard InChI is InChI=1S/C18H24N4/c1-14-4-6-16(7-5-14)13-22-18(19-3)21-11-9-17-8-10-20-12-15(17)2/h4-8,10,12H,9,11,13H2,1-3H3,(H2,19,21,22). The maximum absolute atomic E-state index is 4.26. The van der Waals surface area contributed by atoms with Crippen LogP contribution in [0.1, 0.15) is 22.3 Å². The molecule has 0 fully saturated rings. The highest BCUT2D eigenvalue weighted by Gasteiger charge is 2.00. The van der Waals surface area contributed by atoms with E-state index in [0.717, 1.165) is 25.5 Å². The molecular weight excluding hydrogens is 272 g/mol. The summed E-state index contributed by atoms with van der Waals surface area (Å²) in [5, 5.41) is 6.68. The maximum Gasteiger partial charge on any atom is 0.191 e. The van der Waals surface area contributed by atoms with Gasteiger partial charge >= 0.3 is 0 Å². The summed E-state index contributed by atoms with van der Waals surface area (Å²) in [5.74, 6) is 0.826. The molecule has 22 heavy (non-hydrogen) atoms. The molecule has 2 N–H and O–H groups in total. The normalized spacial score (nSPS) is 11.3. The predicted octanol–water partition coefficient (Wildman–Crippen LogP) is 2.61. The highest BCUT2D eigenvalue weighted by atomic mass is 15.2. The van der Waals surface area contributed by atoms with E-state index >= 15 is 0 Å². The molecule has 0 aliphatic heterocycles. The molecule has 0 unspecified atom stereocenters. The SMILES string of the molecule is CN=C(NCCc1ccncc1C)NCc1ccc(C)cc1. The molecule has 0 spiro atoms. The summed E-state index contributed by atoms with van der Waals surface area (Å²) < 4.78 is 0. The number of benzene rings is 1. The third-order valence-corrected chi connectivity index (χ3v) is 3.63. The summed E-state index contributed by atoms with van der Waals surface area (Å²) in [7, 11) is 1.79. The Hall–Kier alpha value is -2.36. The fraction of sp³-hybridized carbons (Fsp3) is 0.333. The summed E-state index contributed by atoms with van der Waals surface area (Å²) in [6.07, 6.45) is 4.70. The molecule has 4 nitrogen and oxygen atoms in total. The summed E-state index contributed by atoms with van der Waals surface area (Å²) >= 11 is 0. The lowest BCUT2D eigenvalue weighted by Gasteiger charge is -2.12. The highest BCUT2D eigenvalue weighted by molar-refractivity contribution is 5.79. The predicted molar refractivity (Wildman–Crippen MR) is 92.1 cm³/mol. The van der Waals surface area contributed by atoms with Crippen molar-refractivity contribution in [2.24, 2.45) is 4.99 Å². The molecule has 1 aromatic carbocycles. The molecule has 0 aliphatic rings. The van der Waals surface area contributed by atoms with Crippen LogP contribution < -0.4 is 10.6 Å². The highest BCUT2D eigenvalue weighted by Crippen LogP contribution is 2.05. The molecule has 4 heteroatoms. The Balaban J connectivity index is 1.78. The number of aryl methyl sites for hydroxylation is 2. The fourth-order valence-electron chi connectivity index (χ4n) is 2.21. The van der Waals surface area contributed by atoms with Crippen LogP contribution in [0.15, 0.2) is 47.7 Å². The van der Waals surface area contributed by atoms with Crippen molar-refractivity contribution in [3.8, 4) is 0 Å². The van der Waals surface area contributed by atoms with Gasteiger partial charge in [0.05, 0.1) is 0 Å². The molecule has 0 aliphatic carbocycles. The number of nitrogens with zero attached hydrogens (tertiary/aromatic N) is 2. The van der Waals surface area contributed by atoms with Gasteiger partial charge in [0.1, 0.15) is 0 Å². The second-order valence-electron chi connectivity index (χ2n) is 5.39. The summed E-state index contributed by atoms with van der Waals surface area (Å²) in [6, 6.07) is 10.6. The first kappa shape index (κ1) is 16.0.